The summed E-state index contributed by atoms with van der Waals surface area (Å²) in [4.78, 5) is 11.6. The number of unbranched alkanes of at least 4 members (excludes halogenated alkanes) is 1. The highest BCUT2D eigenvalue weighted by atomic mass is 19.1. The van der Waals surface area contributed by atoms with Gasteiger partial charge >= 0.3 is 0 Å². The largest absolute Gasteiger partial charge is 0.291 e. The first-order valence-electron chi connectivity index (χ1n) is 5.36. The van der Waals surface area contributed by atoms with Crippen molar-refractivity contribution in [2.75, 3.05) is 0 Å². The summed E-state index contributed by atoms with van der Waals surface area (Å²) in [6.45, 7) is 7.09. The lowest BCUT2D eigenvalue weighted by Gasteiger charge is -2.19. The zero-order chi connectivity index (χ0) is 10.9. The number of halogens is 1. The lowest BCUT2D eigenvalue weighted by Crippen LogP contribution is -2.32. The van der Waals surface area contributed by atoms with Gasteiger partial charge < -0.3 is 0 Å². The second-order valence-electron chi connectivity index (χ2n) is 4.38. The molecular formula is C12H19FO. The molecule has 0 bridgehead atoms. The van der Waals surface area contributed by atoms with Crippen LogP contribution in [0.2, 0.25) is 0 Å². The molecule has 2 unspecified atom stereocenters. The first-order valence-corrected chi connectivity index (χ1v) is 5.36. The van der Waals surface area contributed by atoms with E-state index in [-0.39, 0.29) is 11.7 Å². The highest BCUT2D eigenvalue weighted by Gasteiger charge is 2.47. The molecule has 80 valence electrons. The van der Waals surface area contributed by atoms with Gasteiger partial charge in [-0.2, -0.15) is 0 Å². The lowest BCUT2D eigenvalue weighted by atomic mass is 9.89. The molecule has 0 radical (unpaired) electrons. The highest BCUT2D eigenvalue weighted by Crippen LogP contribution is 2.41. The molecule has 1 nitrogen and oxygen atoms in total. The summed E-state index contributed by atoms with van der Waals surface area (Å²) in [6.07, 6.45) is 3.00. The Balaban J connectivity index is 2.89. The van der Waals surface area contributed by atoms with Gasteiger partial charge in [0.15, 0.2) is 11.5 Å². The predicted octanol–water partition coefficient (Wildman–Crippen LogP) is 3.44. The smallest absolute Gasteiger partial charge is 0.195 e. The van der Waals surface area contributed by atoms with E-state index in [1.54, 1.807) is 6.92 Å². The minimum absolute atomic E-state index is 0.235. The third-order valence-corrected chi connectivity index (χ3v) is 3.40. The second kappa shape index (κ2) is 3.84. The molecule has 0 aliphatic heterocycles. The monoisotopic (exact) mass is 198 g/mol. The zero-order valence-electron chi connectivity index (χ0n) is 9.48. The SMILES string of the molecule is CCCCC1=C(C)C(=O)C(C)(F)C1C. The Morgan fingerprint density at radius 1 is 1.50 bits per heavy atom. The van der Waals surface area contributed by atoms with E-state index in [1.165, 1.54) is 6.92 Å². The van der Waals surface area contributed by atoms with Gasteiger partial charge in [0.25, 0.3) is 0 Å². The van der Waals surface area contributed by atoms with Gasteiger partial charge in [0.2, 0.25) is 0 Å². The summed E-state index contributed by atoms with van der Waals surface area (Å²) in [5.74, 6) is -0.544. The molecule has 0 aromatic heterocycles. The van der Waals surface area contributed by atoms with Crippen molar-refractivity contribution in [1.82, 2.24) is 0 Å². The predicted molar refractivity (Wildman–Crippen MR) is 55.9 cm³/mol. The molecule has 14 heavy (non-hydrogen) atoms. The van der Waals surface area contributed by atoms with Crippen molar-refractivity contribution in [3.05, 3.63) is 11.1 Å². The van der Waals surface area contributed by atoms with Gasteiger partial charge in [-0.15, -0.1) is 0 Å². The maximum absolute atomic E-state index is 13.9. The van der Waals surface area contributed by atoms with Crippen LogP contribution in [0, 0.1) is 5.92 Å². The van der Waals surface area contributed by atoms with Crippen LogP contribution in [0.5, 0.6) is 0 Å². The molecule has 0 saturated heterocycles. The molecule has 1 rings (SSSR count). The molecule has 0 aromatic rings. The average Bonchev–Trinajstić information content (AvgIpc) is 2.28. The first-order chi connectivity index (χ1) is 6.42. The van der Waals surface area contributed by atoms with Crippen LogP contribution in [0.1, 0.15) is 47.0 Å². The van der Waals surface area contributed by atoms with Crippen LogP contribution >= 0.6 is 0 Å². The van der Waals surface area contributed by atoms with Crippen molar-refractivity contribution in [1.29, 1.82) is 0 Å². The van der Waals surface area contributed by atoms with E-state index in [2.05, 4.69) is 6.92 Å². The second-order valence-corrected chi connectivity index (χ2v) is 4.38. The topological polar surface area (TPSA) is 17.1 Å². The van der Waals surface area contributed by atoms with Crippen molar-refractivity contribution >= 4 is 5.78 Å². The Kier molecular flexibility index (Phi) is 3.13. The van der Waals surface area contributed by atoms with Crippen LogP contribution in [0.25, 0.3) is 0 Å². The number of allylic oxidation sites excluding steroid dienone is 2. The van der Waals surface area contributed by atoms with Gasteiger partial charge in [-0.25, -0.2) is 4.39 Å². The van der Waals surface area contributed by atoms with Gasteiger partial charge in [-0.1, -0.05) is 25.8 Å². The van der Waals surface area contributed by atoms with Crippen molar-refractivity contribution < 1.29 is 9.18 Å². The number of carbonyl (C=O) groups excluding carboxylic acids is 1. The number of hydrogen-bond acceptors (Lipinski definition) is 1. The Morgan fingerprint density at radius 3 is 2.43 bits per heavy atom. The van der Waals surface area contributed by atoms with Crippen LogP contribution in [-0.4, -0.2) is 11.5 Å². The summed E-state index contributed by atoms with van der Waals surface area (Å²) in [5, 5.41) is 0. The molecule has 0 N–H and O–H groups in total. The molecule has 1 aliphatic carbocycles. The number of Topliss-reactive ketones (excluding diaryl/α,β-unsaturated/α-hetero) is 1. The van der Waals surface area contributed by atoms with Crippen LogP contribution in [0.3, 0.4) is 0 Å². The fraction of sp³-hybridized carbons (Fsp3) is 0.750. The van der Waals surface area contributed by atoms with Crippen molar-refractivity contribution in [3.63, 3.8) is 0 Å². The fourth-order valence-corrected chi connectivity index (χ4v) is 2.13. The minimum atomic E-state index is -1.66. The molecule has 0 heterocycles. The van der Waals surface area contributed by atoms with Crippen LogP contribution in [0.4, 0.5) is 4.39 Å². The Labute approximate surface area is 85.4 Å². The van der Waals surface area contributed by atoms with E-state index in [0.29, 0.717) is 5.57 Å². The quantitative estimate of drug-likeness (QED) is 0.679. The standard InChI is InChI=1S/C12H19FO/c1-5-6-7-10-8(2)11(14)12(4,13)9(10)3/h9H,5-7H2,1-4H3. The summed E-state index contributed by atoms with van der Waals surface area (Å²) in [7, 11) is 0. The summed E-state index contributed by atoms with van der Waals surface area (Å²) < 4.78 is 13.9. The molecule has 0 spiro atoms. The third kappa shape index (κ3) is 1.62. The molecule has 0 saturated carbocycles. The fourth-order valence-electron chi connectivity index (χ4n) is 2.13. The number of carbonyl (C=O) groups is 1. The normalized spacial score (nSPS) is 32.9. The first kappa shape index (κ1) is 11.4. The minimum Gasteiger partial charge on any atom is -0.291 e. The summed E-state index contributed by atoms with van der Waals surface area (Å²) in [6, 6.07) is 0. The summed E-state index contributed by atoms with van der Waals surface area (Å²) >= 11 is 0. The third-order valence-electron chi connectivity index (χ3n) is 3.40. The molecule has 1 aliphatic rings. The number of alkyl halides is 1. The number of hydrogen-bond donors (Lipinski definition) is 0. The highest BCUT2D eigenvalue weighted by molar-refractivity contribution is 6.05. The molecule has 0 aromatic carbocycles. The average molecular weight is 198 g/mol. The van der Waals surface area contributed by atoms with Crippen LogP contribution in [-0.2, 0) is 4.79 Å². The van der Waals surface area contributed by atoms with E-state index in [0.717, 1.165) is 24.8 Å². The van der Waals surface area contributed by atoms with E-state index < -0.39 is 5.67 Å². The summed E-state index contributed by atoms with van der Waals surface area (Å²) in [5.41, 5.74) is 0.0328. The van der Waals surface area contributed by atoms with Crippen molar-refractivity contribution in [3.8, 4) is 0 Å². The lowest BCUT2D eigenvalue weighted by molar-refractivity contribution is -0.125. The number of ketones is 1. The maximum Gasteiger partial charge on any atom is 0.195 e. The van der Waals surface area contributed by atoms with Crippen LogP contribution in [0.15, 0.2) is 11.1 Å². The Bertz CT molecular complexity index is 276. The van der Waals surface area contributed by atoms with Crippen molar-refractivity contribution in [2.45, 2.75) is 52.6 Å². The molecule has 2 atom stereocenters. The van der Waals surface area contributed by atoms with E-state index in [4.69, 9.17) is 0 Å². The van der Waals surface area contributed by atoms with Crippen LogP contribution < -0.4 is 0 Å². The molecular weight excluding hydrogens is 179 g/mol. The van der Waals surface area contributed by atoms with Gasteiger partial charge in [0, 0.05) is 5.92 Å². The molecule has 2 heteroatoms. The Morgan fingerprint density at radius 2 is 2.07 bits per heavy atom. The van der Waals surface area contributed by atoms with Gasteiger partial charge in [-0.05, 0) is 32.3 Å². The Hall–Kier alpha value is -0.660. The molecule has 0 fully saturated rings. The molecule has 0 amide bonds. The van der Waals surface area contributed by atoms with Gasteiger partial charge in [0.1, 0.15) is 0 Å². The number of rotatable bonds is 3. The van der Waals surface area contributed by atoms with E-state index in [9.17, 15) is 9.18 Å². The van der Waals surface area contributed by atoms with Crippen molar-refractivity contribution in [2.24, 2.45) is 5.92 Å². The van der Waals surface area contributed by atoms with E-state index >= 15 is 0 Å². The maximum atomic E-state index is 13.9. The van der Waals surface area contributed by atoms with E-state index in [1.807, 2.05) is 6.92 Å². The van der Waals surface area contributed by atoms with Gasteiger partial charge in [0.05, 0.1) is 0 Å². The zero-order valence-corrected chi connectivity index (χ0v) is 9.48. The van der Waals surface area contributed by atoms with Gasteiger partial charge in [-0.3, -0.25) is 4.79 Å².